The van der Waals surface area contributed by atoms with Gasteiger partial charge in [-0.15, -0.1) is 0 Å². The van der Waals surface area contributed by atoms with Crippen molar-refractivity contribution in [2.45, 2.75) is 24.6 Å². The Hall–Kier alpha value is -1.21. The van der Waals surface area contributed by atoms with Gasteiger partial charge in [0, 0.05) is 12.3 Å². The summed E-state index contributed by atoms with van der Waals surface area (Å²) in [6, 6.07) is 4.51. The molecule has 0 spiro atoms. The average Bonchev–Trinajstić information content (AvgIpc) is 2.84. The molecule has 21 heavy (non-hydrogen) atoms. The van der Waals surface area contributed by atoms with Crippen molar-refractivity contribution < 1.29 is 23.1 Å². The Morgan fingerprint density at radius 2 is 2.00 bits per heavy atom. The van der Waals surface area contributed by atoms with Crippen LogP contribution >= 0.6 is 11.8 Å². The van der Waals surface area contributed by atoms with Gasteiger partial charge in [0.05, 0.1) is 17.6 Å². The minimum atomic E-state index is -4.37. The first-order valence-corrected chi connectivity index (χ1v) is 7.67. The standard InChI is InChI=1S/C14H16F3NO2S/c15-14(16,17)11-3-1-10(2-4-11)7-12(19)18-8-13(20)5-6-21-9-13/h1-4,20H,5-9H2,(H,18,19)/t13-/m0/s1. The van der Waals surface area contributed by atoms with Crippen LogP contribution in [0.1, 0.15) is 17.5 Å². The number of carbonyl (C=O) groups excluding carboxylic acids is 1. The van der Waals surface area contributed by atoms with Crippen molar-refractivity contribution in [2.75, 3.05) is 18.1 Å². The number of alkyl halides is 3. The molecule has 3 nitrogen and oxygen atoms in total. The summed E-state index contributed by atoms with van der Waals surface area (Å²) in [7, 11) is 0. The molecule has 1 aromatic rings. The van der Waals surface area contributed by atoms with E-state index in [1.54, 1.807) is 11.8 Å². The zero-order valence-corrected chi connectivity index (χ0v) is 12.1. The molecule has 7 heteroatoms. The van der Waals surface area contributed by atoms with Crippen LogP contribution in [0.4, 0.5) is 13.2 Å². The van der Waals surface area contributed by atoms with E-state index in [0.29, 0.717) is 17.7 Å². The number of hydrogen-bond donors (Lipinski definition) is 2. The molecule has 0 radical (unpaired) electrons. The summed E-state index contributed by atoms with van der Waals surface area (Å²) in [5.74, 6) is 1.15. The molecule has 0 unspecified atom stereocenters. The predicted molar refractivity (Wildman–Crippen MR) is 75.0 cm³/mol. The topological polar surface area (TPSA) is 49.3 Å². The van der Waals surface area contributed by atoms with Crippen molar-refractivity contribution in [3.05, 3.63) is 35.4 Å². The Balaban J connectivity index is 1.85. The first kappa shape index (κ1) is 16.2. The molecule has 2 N–H and O–H groups in total. The zero-order valence-electron chi connectivity index (χ0n) is 11.2. The second-order valence-electron chi connectivity index (χ2n) is 5.18. The van der Waals surface area contributed by atoms with E-state index in [0.717, 1.165) is 17.9 Å². The third-order valence-electron chi connectivity index (χ3n) is 3.34. The smallest absolute Gasteiger partial charge is 0.387 e. The quantitative estimate of drug-likeness (QED) is 0.895. The van der Waals surface area contributed by atoms with Gasteiger partial charge in [0.15, 0.2) is 0 Å². The van der Waals surface area contributed by atoms with Crippen molar-refractivity contribution in [3.8, 4) is 0 Å². The normalized spacial score (nSPS) is 22.3. The lowest BCUT2D eigenvalue weighted by Gasteiger charge is -2.21. The zero-order chi connectivity index (χ0) is 15.5. The molecule has 1 amide bonds. The Kier molecular flexibility index (Phi) is 4.83. The van der Waals surface area contributed by atoms with Crippen molar-refractivity contribution in [3.63, 3.8) is 0 Å². The molecular formula is C14H16F3NO2S. The largest absolute Gasteiger partial charge is 0.416 e. The van der Waals surface area contributed by atoms with Crippen LogP contribution in [0.3, 0.4) is 0 Å². The third-order valence-corrected chi connectivity index (χ3v) is 4.58. The monoisotopic (exact) mass is 319 g/mol. The molecule has 1 aliphatic heterocycles. The minimum Gasteiger partial charge on any atom is -0.387 e. The molecule has 1 aromatic carbocycles. The van der Waals surface area contributed by atoms with E-state index in [9.17, 15) is 23.1 Å². The lowest BCUT2D eigenvalue weighted by Crippen LogP contribution is -2.43. The second-order valence-corrected chi connectivity index (χ2v) is 6.28. The molecule has 1 atom stereocenters. The van der Waals surface area contributed by atoms with E-state index in [1.165, 1.54) is 12.1 Å². The average molecular weight is 319 g/mol. The van der Waals surface area contributed by atoms with E-state index in [4.69, 9.17) is 0 Å². The Bertz CT molecular complexity index is 496. The van der Waals surface area contributed by atoms with Crippen LogP contribution in [0.2, 0.25) is 0 Å². The SMILES string of the molecule is O=C(Cc1ccc(C(F)(F)F)cc1)NC[C@@]1(O)CCSC1. The molecule has 0 saturated carbocycles. The van der Waals surface area contributed by atoms with Crippen LogP contribution in [-0.2, 0) is 17.4 Å². The summed E-state index contributed by atoms with van der Waals surface area (Å²) in [5.41, 5.74) is -1.09. The van der Waals surface area contributed by atoms with Gasteiger partial charge in [-0.3, -0.25) is 4.79 Å². The van der Waals surface area contributed by atoms with Crippen LogP contribution in [0.15, 0.2) is 24.3 Å². The lowest BCUT2D eigenvalue weighted by atomic mass is 10.0. The van der Waals surface area contributed by atoms with Gasteiger partial charge in [-0.25, -0.2) is 0 Å². The summed E-state index contributed by atoms with van der Waals surface area (Å²) in [5, 5.41) is 12.7. The molecular weight excluding hydrogens is 303 g/mol. The number of hydrogen-bond acceptors (Lipinski definition) is 3. The maximum Gasteiger partial charge on any atom is 0.416 e. The fourth-order valence-electron chi connectivity index (χ4n) is 2.06. The number of carbonyl (C=O) groups is 1. The summed E-state index contributed by atoms with van der Waals surface area (Å²) >= 11 is 1.63. The Morgan fingerprint density at radius 3 is 2.52 bits per heavy atom. The molecule has 0 aliphatic carbocycles. The molecule has 116 valence electrons. The van der Waals surface area contributed by atoms with Crippen LogP contribution in [0.5, 0.6) is 0 Å². The first-order valence-electron chi connectivity index (χ1n) is 6.51. The second kappa shape index (κ2) is 6.27. The lowest BCUT2D eigenvalue weighted by molar-refractivity contribution is -0.137. The van der Waals surface area contributed by atoms with E-state index < -0.39 is 17.3 Å². The van der Waals surface area contributed by atoms with Crippen LogP contribution in [-0.4, -0.2) is 34.7 Å². The summed E-state index contributed by atoms with van der Waals surface area (Å²) in [4.78, 5) is 11.7. The number of aliphatic hydroxyl groups is 1. The number of rotatable bonds is 4. The number of benzene rings is 1. The molecule has 1 saturated heterocycles. The summed E-state index contributed by atoms with van der Waals surface area (Å²) < 4.78 is 37.2. The van der Waals surface area contributed by atoms with Crippen molar-refractivity contribution >= 4 is 17.7 Å². The molecule has 1 heterocycles. The molecule has 2 rings (SSSR count). The fraction of sp³-hybridized carbons (Fsp3) is 0.500. The van der Waals surface area contributed by atoms with Gasteiger partial charge in [0.2, 0.25) is 5.91 Å². The van der Waals surface area contributed by atoms with Gasteiger partial charge in [-0.2, -0.15) is 24.9 Å². The van der Waals surface area contributed by atoms with Gasteiger partial charge >= 0.3 is 6.18 Å². The van der Waals surface area contributed by atoms with Gasteiger partial charge in [0.1, 0.15) is 0 Å². The van der Waals surface area contributed by atoms with Gasteiger partial charge in [-0.1, -0.05) is 12.1 Å². The van der Waals surface area contributed by atoms with Crippen LogP contribution in [0, 0.1) is 0 Å². The maximum absolute atomic E-state index is 12.4. The molecule has 1 aliphatic rings. The number of thioether (sulfide) groups is 1. The predicted octanol–water partition coefficient (Wildman–Crippen LogP) is 2.23. The van der Waals surface area contributed by atoms with E-state index in [2.05, 4.69) is 5.32 Å². The van der Waals surface area contributed by atoms with Gasteiger partial charge in [0.25, 0.3) is 0 Å². The maximum atomic E-state index is 12.4. The number of halogens is 3. The Morgan fingerprint density at radius 1 is 1.33 bits per heavy atom. The first-order chi connectivity index (χ1) is 9.78. The molecule has 0 aromatic heterocycles. The van der Waals surface area contributed by atoms with E-state index in [1.807, 2.05) is 0 Å². The molecule has 1 fully saturated rings. The highest BCUT2D eigenvalue weighted by Crippen LogP contribution is 2.29. The highest BCUT2D eigenvalue weighted by molar-refractivity contribution is 7.99. The highest BCUT2D eigenvalue weighted by atomic mass is 32.2. The van der Waals surface area contributed by atoms with Gasteiger partial charge < -0.3 is 10.4 Å². The van der Waals surface area contributed by atoms with E-state index in [-0.39, 0.29) is 18.9 Å². The van der Waals surface area contributed by atoms with Crippen LogP contribution in [0.25, 0.3) is 0 Å². The van der Waals surface area contributed by atoms with E-state index >= 15 is 0 Å². The van der Waals surface area contributed by atoms with Gasteiger partial charge in [-0.05, 0) is 29.9 Å². The summed E-state index contributed by atoms with van der Waals surface area (Å²) in [6.07, 6.45) is -3.73. The van der Waals surface area contributed by atoms with Crippen molar-refractivity contribution in [1.82, 2.24) is 5.32 Å². The Labute approximate surface area is 124 Å². The highest BCUT2D eigenvalue weighted by Gasteiger charge is 2.32. The van der Waals surface area contributed by atoms with Crippen molar-refractivity contribution in [1.29, 1.82) is 0 Å². The van der Waals surface area contributed by atoms with Crippen LogP contribution < -0.4 is 5.32 Å². The third kappa shape index (κ3) is 4.64. The molecule has 0 bridgehead atoms. The number of nitrogens with one attached hydrogen (secondary N) is 1. The number of amides is 1. The van der Waals surface area contributed by atoms with Crippen molar-refractivity contribution in [2.24, 2.45) is 0 Å². The fourth-order valence-corrected chi connectivity index (χ4v) is 3.35. The summed E-state index contributed by atoms with van der Waals surface area (Å²) in [6.45, 7) is 0.180. The minimum absolute atomic E-state index is 0.00135.